The Bertz CT molecular complexity index is 755. The first kappa shape index (κ1) is 16.8. The predicted octanol–water partition coefficient (Wildman–Crippen LogP) is 4.64. The van der Waals surface area contributed by atoms with Crippen LogP contribution in [0.2, 0.25) is 0 Å². The molecule has 1 aromatic heterocycles. The highest BCUT2D eigenvalue weighted by Gasteiger charge is 2.05. The van der Waals surface area contributed by atoms with Gasteiger partial charge in [0.2, 0.25) is 0 Å². The zero-order valence-corrected chi connectivity index (χ0v) is 14.7. The van der Waals surface area contributed by atoms with Crippen molar-refractivity contribution in [1.29, 1.82) is 0 Å². The maximum atomic E-state index is 5.54. The Hall–Kier alpha value is -2.01. The van der Waals surface area contributed by atoms with E-state index in [0.29, 0.717) is 6.61 Å². The molecule has 1 N–H and O–H groups in total. The largest absolute Gasteiger partial charge is 0.377 e. The second-order valence-electron chi connectivity index (χ2n) is 5.50. The third kappa shape index (κ3) is 4.51. The average molecular weight is 338 g/mol. The molecule has 0 spiro atoms. The van der Waals surface area contributed by atoms with Crippen LogP contribution in [0, 0.1) is 0 Å². The summed E-state index contributed by atoms with van der Waals surface area (Å²) in [4.78, 5) is 4.72. The van der Waals surface area contributed by atoms with Gasteiger partial charge in [0.15, 0.2) is 0 Å². The molecular weight excluding hydrogens is 316 g/mol. The summed E-state index contributed by atoms with van der Waals surface area (Å²) in [5, 5.41) is 6.72. The third-order valence-electron chi connectivity index (χ3n) is 3.79. The minimum Gasteiger partial charge on any atom is -0.377 e. The van der Waals surface area contributed by atoms with Gasteiger partial charge in [-0.3, -0.25) is 0 Å². The Kier molecular flexibility index (Phi) is 6.13. The molecule has 0 saturated heterocycles. The first-order chi connectivity index (χ1) is 11.9. The van der Waals surface area contributed by atoms with E-state index in [4.69, 9.17) is 9.72 Å². The van der Waals surface area contributed by atoms with Gasteiger partial charge in [0.05, 0.1) is 12.3 Å². The third-order valence-corrected chi connectivity index (χ3v) is 4.64. The molecule has 3 rings (SSSR count). The van der Waals surface area contributed by atoms with Crippen molar-refractivity contribution in [2.45, 2.75) is 26.6 Å². The highest BCUT2D eigenvalue weighted by Crippen LogP contribution is 2.21. The van der Waals surface area contributed by atoms with Gasteiger partial charge in [-0.25, -0.2) is 4.98 Å². The molecule has 0 bridgehead atoms. The summed E-state index contributed by atoms with van der Waals surface area (Å²) < 4.78 is 5.54. The van der Waals surface area contributed by atoms with Gasteiger partial charge in [-0.1, -0.05) is 54.6 Å². The number of nitrogens with one attached hydrogen (secondary N) is 1. The first-order valence-electron chi connectivity index (χ1n) is 8.22. The van der Waals surface area contributed by atoms with Crippen molar-refractivity contribution in [3.05, 3.63) is 76.1 Å². The van der Waals surface area contributed by atoms with Crippen LogP contribution in [0.4, 0.5) is 0 Å². The highest BCUT2D eigenvalue weighted by molar-refractivity contribution is 7.09. The van der Waals surface area contributed by atoms with E-state index >= 15 is 0 Å². The molecule has 1 heterocycles. The Morgan fingerprint density at radius 3 is 2.50 bits per heavy atom. The molecule has 0 aliphatic heterocycles. The number of hydrogen-bond acceptors (Lipinski definition) is 4. The summed E-state index contributed by atoms with van der Waals surface area (Å²) in [6.45, 7) is 5.03. The van der Waals surface area contributed by atoms with Gasteiger partial charge in [0.1, 0.15) is 5.01 Å². The van der Waals surface area contributed by atoms with E-state index in [2.05, 4.69) is 47.1 Å². The van der Waals surface area contributed by atoms with Crippen LogP contribution in [0.15, 0.2) is 60.0 Å². The number of ether oxygens (including phenoxy) is 1. The number of thiazole rings is 1. The summed E-state index contributed by atoms with van der Waals surface area (Å²) >= 11 is 1.70. The fourth-order valence-corrected chi connectivity index (χ4v) is 3.29. The molecule has 0 amide bonds. The van der Waals surface area contributed by atoms with Crippen molar-refractivity contribution in [3.63, 3.8) is 0 Å². The van der Waals surface area contributed by atoms with E-state index in [-0.39, 0.29) is 0 Å². The Morgan fingerprint density at radius 1 is 0.958 bits per heavy atom. The lowest BCUT2D eigenvalue weighted by Gasteiger charge is -2.10. The monoisotopic (exact) mass is 338 g/mol. The smallest absolute Gasteiger partial charge is 0.107 e. The standard InChI is InChI=1S/C20H22N2OS/c1-2-23-14-18-11-7-6-10-17(18)12-21-13-20-22-19(15-24-20)16-8-4-3-5-9-16/h3-11,15,21H,2,12-14H2,1H3. The number of rotatable bonds is 8. The van der Waals surface area contributed by atoms with Gasteiger partial charge >= 0.3 is 0 Å². The fraction of sp³-hybridized carbons (Fsp3) is 0.250. The van der Waals surface area contributed by atoms with Gasteiger partial charge < -0.3 is 10.1 Å². The van der Waals surface area contributed by atoms with E-state index in [1.807, 2.05) is 25.1 Å². The summed E-state index contributed by atoms with van der Waals surface area (Å²) in [7, 11) is 0. The van der Waals surface area contributed by atoms with Crippen molar-refractivity contribution in [2.75, 3.05) is 6.61 Å². The van der Waals surface area contributed by atoms with E-state index in [1.54, 1.807) is 11.3 Å². The minimum atomic E-state index is 0.670. The molecule has 0 atom stereocenters. The molecule has 0 aliphatic rings. The lowest BCUT2D eigenvalue weighted by molar-refractivity contribution is 0.133. The Morgan fingerprint density at radius 2 is 1.71 bits per heavy atom. The van der Waals surface area contributed by atoms with E-state index < -0.39 is 0 Å². The van der Waals surface area contributed by atoms with Crippen molar-refractivity contribution in [3.8, 4) is 11.3 Å². The molecular formula is C20H22N2OS. The second kappa shape index (κ2) is 8.73. The lowest BCUT2D eigenvalue weighted by Crippen LogP contribution is -2.14. The van der Waals surface area contributed by atoms with Gasteiger partial charge in [0.25, 0.3) is 0 Å². The molecule has 4 heteroatoms. The van der Waals surface area contributed by atoms with Crippen LogP contribution in [0.25, 0.3) is 11.3 Å². The summed E-state index contributed by atoms with van der Waals surface area (Å²) in [6, 6.07) is 18.7. The van der Waals surface area contributed by atoms with Crippen molar-refractivity contribution >= 4 is 11.3 Å². The molecule has 0 saturated carbocycles. The fourth-order valence-electron chi connectivity index (χ4n) is 2.52. The van der Waals surface area contributed by atoms with Crippen molar-refractivity contribution in [1.82, 2.24) is 10.3 Å². The maximum absolute atomic E-state index is 5.54. The first-order valence-corrected chi connectivity index (χ1v) is 9.10. The minimum absolute atomic E-state index is 0.670. The van der Waals surface area contributed by atoms with Crippen LogP contribution in [-0.4, -0.2) is 11.6 Å². The molecule has 0 unspecified atom stereocenters. The summed E-state index contributed by atoms with van der Waals surface area (Å²) in [5.74, 6) is 0. The van der Waals surface area contributed by atoms with E-state index in [9.17, 15) is 0 Å². The van der Waals surface area contributed by atoms with Crippen molar-refractivity contribution < 1.29 is 4.74 Å². The molecule has 2 aromatic carbocycles. The number of benzene rings is 2. The number of nitrogens with zero attached hydrogens (tertiary/aromatic N) is 1. The molecule has 0 radical (unpaired) electrons. The van der Waals surface area contributed by atoms with E-state index in [1.165, 1.54) is 16.7 Å². The van der Waals surface area contributed by atoms with Crippen LogP contribution in [0.5, 0.6) is 0 Å². The Labute approximate surface area is 147 Å². The zero-order valence-electron chi connectivity index (χ0n) is 13.9. The van der Waals surface area contributed by atoms with E-state index in [0.717, 1.165) is 30.4 Å². The molecule has 3 aromatic rings. The molecule has 124 valence electrons. The topological polar surface area (TPSA) is 34.1 Å². The summed E-state index contributed by atoms with van der Waals surface area (Å²) in [6.07, 6.45) is 0. The van der Waals surface area contributed by atoms with Gasteiger partial charge in [-0.15, -0.1) is 11.3 Å². The predicted molar refractivity (Wildman–Crippen MR) is 99.9 cm³/mol. The number of hydrogen-bond donors (Lipinski definition) is 1. The van der Waals surface area contributed by atoms with Crippen LogP contribution in [0.3, 0.4) is 0 Å². The quantitative estimate of drug-likeness (QED) is 0.650. The summed E-state index contributed by atoms with van der Waals surface area (Å²) in [5.41, 5.74) is 4.75. The number of aromatic nitrogens is 1. The van der Waals surface area contributed by atoms with Crippen LogP contribution in [0.1, 0.15) is 23.1 Å². The van der Waals surface area contributed by atoms with Crippen LogP contribution in [-0.2, 0) is 24.4 Å². The molecule has 3 nitrogen and oxygen atoms in total. The molecule has 24 heavy (non-hydrogen) atoms. The van der Waals surface area contributed by atoms with Crippen molar-refractivity contribution in [2.24, 2.45) is 0 Å². The lowest BCUT2D eigenvalue weighted by atomic mass is 10.1. The van der Waals surface area contributed by atoms with Gasteiger partial charge in [-0.2, -0.15) is 0 Å². The highest BCUT2D eigenvalue weighted by atomic mass is 32.1. The Balaban J connectivity index is 1.57. The normalized spacial score (nSPS) is 10.9. The van der Waals surface area contributed by atoms with Gasteiger partial charge in [-0.05, 0) is 18.1 Å². The SMILES string of the molecule is CCOCc1ccccc1CNCc1nc(-c2ccccc2)cs1. The zero-order chi connectivity index (χ0) is 16.6. The van der Waals surface area contributed by atoms with Gasteiger partial charge in [0, 0.05) is 30.6 Å². The molecule has 0 fully saturated rings. The maximum Gasteiger partial charge on any atom is 0.107 e. The molecule has 0 aliphatic carbocycles. The van der Waals surface area contributed by atoms with Crippen LogP contribution >= 0.6 is 11.3 Å². The van der Waals surface area contributed by atoms with Crippen LogP contribution < -0.4 is 5.32 Å². The second-order valence-corrected chi connectivity index (χ2v) is 6.44. The average Bonchev–Trinajstić information content (AvgIpc) is 3.10.